The maximum atomic E-state index is 7.57. The van der Waals surface area contributed by atoms with Crippen molar-refractivity contribution in [1.82, 2.24) is 0 Å². The van der Waals surface area contributed by atoms with Crippen molar-refractivity contribution in [2.24, 2.45) is 0 Å². The summed E-state index contributed by atoms with van der Waals surface area (Å²) in [6.07, 6.45) is 0. The van der Waals surface area contributed by atoms with Gasteiger partial charge < -0.3 is 5.11 Å². The van der Waals surface area contributed by atoms with E-state index in [1.54, 1.807) is 6.92 Å². The third-order valence-corrected chi connectivity index (χ3v) is 0. The smallest absolute Gasteiger partial charge is 0.0402 e. The molecule has 0 rings (SSSR count). The summed E-state index contributed by atoms with van der Waals surface area (Å²) in [5.41, 5.74) is 0. The molecule has 0 bridgehead atoms. The molecule has 0 spiro atoms. The van der Waals surface area contributed by atoms with Gasteiger partial charge in [0.2, 0.25) is 0 Å². The van der Waals surface area contributed by atoms with Crippen LogP contribution in [-0.4, -0.2) is 11.7 Å². The summed E-state index contributed by atoms with van der Waals surface area (Å²) < 4.78 is 0. The quantitative estimate of drug-likeness (QED) is 0.471. The van der Waals surface area contributed by atoms with E-state index in [4.69, 9.17) is 5.11 Å². The molecule has 0 aliphatic carbocycles. The van der Waals surface area contributed by atoms with Crippen LogP contribution in [-0.2, 0) is 43.4 Å². The van der Waals surface area contributed by atoms with Crippen molar-refractivity contribution in [3.8, 4) is 0 Å². The van der Waals surface area contributed by atoms with Crippen LogP contribution in [0.4, 0.5) is 0 Å². The van der Waals surface area contributed by atoms with Gasteiger partial charge in [-0.2, -0.15) is 0 Å². The molecule has 0 saturated heterocycles. The largest absolute Gasteiger partial charge is 0.397 e. The van der Waals surface area contributed by atoms with Gasteiger partial charge in [-0.25, -0.2) is 0 Å². The van der Waals surface area contributed by atoms with Crippen LogP contribution in [0.5, 0.6) is 0 Å². The van der Waals surface area contributed by atoms with Crippen LogP contribution in [0.1, 0.15) is 6.92 Å². The molecule has 0 amide bonds. The molecule has 5 heavy (non-hydrogen) atoms. The van der Waals surface area contributed by atoms with Crippen LogP contribution in [0.2, 0.25) is 0 Å². The van der Waals surface area contributed by atoms with Gasteiger partial charge in [0, 0.05) is 50.0 Å². The molecule has 1 nitrogen and oxygen atoms in total. The van der Waals surface area contributed by atoms with Crippen LogP contribution in [0, 0.1) is 0 Å². The predicted molar refractivity (Wildman–Crippen MR) is 12.8 cm³/mol. The average molecular weight is 142 g/mol. The number of aliphatic hydroxyl groups excluding tert-OH is 1. The van der Waals surface area contributed by atoms with Gasteiger partial charge >= 0.3 is 0 Å². The van der Waals surface area contributed by atoms with Crippen LogP contribution >= 0.6 is 0 Å². The average Bonchev–Trinajstić information content (AvgIpc) is 0.918. The second-order valence-electron chi connectivity index (χ2n) is 0.316. The first-order valence-corrected chi connectivity index (χ1v) is 1.02. The van der Waals surface area contributed by atoms with Crippen molar-refractivity contribution >= 4 is 0 Å². The van der Waals surface area contributed by atoms with Crippen molar-refractivity contribution in [3.05, 3.63) is 0 Å². The van der Waals surface area contributed by atoms with E-state index < -0.39 is 0 Å². The molecule has 28 valence electrons. The summed E-state index contributed by atoms with van der Waals surface area (Å²) in [5.74, 6) is 0. The molecule has 3 heteroatoms. The van der Waals surface area contributed by atoms with Crippen LogP contribution in [0.15, 0.2) is 0 Å². The summed E-state index contributed by atoms with van der Waals surface area (Å²) >= 11 is 0. The zero-order chi connectivity index (χ0) is 2.71. The number of rotatable bonds is 0. The van der Waals surface area contributed by atoms with Gasteiger partial charge in [-0.1, -0.05) is 0 Å². The van der Waals surface area contributed by atoms with E-state index in [0.717, 1.165) is 0 Å². The zero-order valence-corrected chi connectivity index (χ0v) is 6.28. The number of hydrogen-bond acceptors (Lipinski definition) is 1. The number of aliphatic hydroxyl groups is 1. The molecule has 0 aromatic heterocycles. The van der Waals surface area contributed by atoms with E-state index in [2.05, 4.69) is 0 Å². The molecule has 0 aliphatic rings. The Hall–Kier alpha value is 1.39. The first kappa shape index (κ1) is 16.2. The van der Waals surface area contributed by atoms with Crippen molar-refractivity contribution < 1.29 is 48.5 Å². The van der Waals surface area contributed by atoms with E-state index in [1.165, 1.54) is 0 Å². The summed E-state index contributed by atoms with van der Waals surface area (Å²) in [4.78, 5) is 0. The molecule has 0 atom stereocenters. The Kier molecular flexibility index (Phi) is 58.8. The van der Waals surface area contributed by atoms with Crippen LogP contribution < -0.4 is 0 Å². The van der Waals surface area contributed by atoms with Crippen molar-refractivity contribution in [3.63, 3.8) is 0 Å². The molecular weight excluding hydrogens is 136 g/mol. The minimum Gasteiger partial charge on any atom is -0.397 e. The molecule has 0 aromatic rings. The van der Waals surface area contributed by atoms with Gasteiger partial charge in [-0.15, -0.1) is 0 Å². The first-order valence-electron chi connectivity index (χ1n) is 1.02. The standard InChI is InChI=1S/C2H6O.2Ti/c1-2-3;;/h3H,2H2,1H3;;. The van der Waals surface area contributed by atoms with E-state index >= 15 is 0 Å². The molecule has 0 fully saturated rings. The third-order valence-electron chi connectivity index (χ3n) is 0. The summed E-state index contributed by atoms with van der Waals surface area (Å²) in [6, 6.07) is 0. The molecular formula is C2H6OTi2. The van der Waals surface area contributed by atoms with Crippen molar-refractivity contribution in [2.75, 3.05) is 6.61 Å². The zero-order valence-electron chi connectivity index (χ0n) is 3.15. The minimum atomic E-state index is 0. The molecule has 0 aliphatic heterocycles. The van der Waals surface area contributed by atoms with Gasteiger partial charge in [0.25, 0.3) is 0 Å². The fraction of sp³-hybridized carbons (Fsp3) is 1.00. The fourth-order valence-electron chi connectivity index (χ4n) is 0. The normalized spacial score (nSPS) is 3.60. The summed E-state index contributed by atoms with van der Waals surface area (Å²) in [5, 5.41) is 7.57. The Bertz CT molecular complexity index is 7.61. The van der Waals surface area contributed by atoms with Crippen LogP contribution in [0.25, 0.3) is 0 Å². The van der Waals surface area contributed by atoms with Gasteiger partial charge in [0.15, 0.2) is 0 Å². The monoisotopic (exact) mass is 142 g/mol. The Balaban J connectivity index is -0.0000000200. The van der Waals surface area contributed by atoms with Gasteiger partial charge in [-0.3, -0.25) is 0 Å². The van der Waals surface area contributed by atoms with E-state index in [9.17, 15) is 0 Å². The van der Waals surface area contributed by atoms with Gasteiger partial charge in [0.1, 0.15) is 0 Å². The third kappa shape index (κ3) is 32.1. The van der Waals surface area contributed by atoms with E-state index in [0.29, 0.717) is 0 Å². The Morgan fingerprint density at radius 3 is 1.40 bits per heavy atom. The maximum Gasteiger partial charge on any atom is 0.0402 e. The second-order valence-corrected chi connectivity index (χ2v) is 0.316. The minimum absolute atomic E-state index is 0. The van der Waals surface area contributed by atoms with E-state index in [-0.39, 0.29) is 50.0 Å². The van der Waals surface area contributed by atoms with Gasteiger partial charge in [-0.05, 0) is 6.92 Å². The molecule has 0 heterocycles. The molecule has 1 N–H and O–H groups in total. The Labute approximate surface area is 61.9 Å². The second kappa shape index (κ2) is 18.2. The molecule has 0 unspecified atom stereocenters. The molecule has 0 aromatic carbocycles. The topological polar surface area (TPSA) is 20.2 Å². The fourth-order valence-corrected chi connectivity index (χ4v) is 0. The Morgan fingerprint density at radius 2 is 1.40 bits per heavy atom. The van der Waals surface area contributed by atoms with Crippen molar-refractivity contribution in [1.29, 1.82) is 0 Å². The summed E-state index contributed by atoms with van der Waals surface area (Å²) in [7, 11) is 0. The van der Waals surface area contributed by atoms with Crippen LogP contribution in [0.3, 0.4) is 0 Å². The summed E-state index contributed by atoms with van der Waals surface area (Å²) in [6.45, 7) is 1.93. The molecule has 0 radical (unpaired) electrons. The first-order chi connectivity index (χ1) is 1.41. The predicted octanol–water partition coefficient (Wildman–Crippen LogP) is -0.00640. The molecule has 0 saturated carbocycles. The van der Waals surface area contributed by atoms with Crippen molar-refractivity contribution in [2.45, 2.75) is 6.92 Å². The number of hydrogen-bond donors (Lipinski definition) is 1. The Morgan fingerprint density at radius 1 is 1.40 bits per heavy atom. The van der Waals surface area contributed by atoms with Gasteiger partial charge in [0.05, 0.1) is 0 Å². The maximum absolute atomic E-state index is 7.57. The SMILES string of the molecule is CCO.[Ti].[Ti]. The van der Waals surface area contributed by atoms with E-state index in [1.807, 2.05) is 0 Å².